The first-order valence-corrected chi connectivity index (χ1v) is 11.5. The standard InChI is InChI=1S/C23H32N4OS/c1-17(2)9-24-22(28)20-11-26(10-19-7-5-4-6-8-19)13-23(20)14-27(15-23)12-21-18(3)25-16-29-21/h4-8,16-17,20H,9-15H2,1-3H3,(H,24,28). The van der Waals surface area contributed by atoms with Crippen molar-refractivity contribution in [3.63, 3.8) is 0 Å². The molecule has 1 amide bonds. The molecule has 2 aliphatic heterocycles. The Kier molecular flexibility index (Phi) is 6.04. The molecule has 0 saturated carbocycles. The fourth-order valence-electron chi connectivity index (χ4n) is 4.78. The maximum absolute atomic E-state index is 13.1. The second-order valence-corrected chi connectivity index (χ2v) is 10.2. The number of likely N-dealkylation sites (tertiary alicyclic amines) is 2. The molecule has 4 rings (SSSR count). The van der Waals surface area contributed by atoms with Gasteiger partial charge in [-0.1, -0.05) is 44.2 Å². The number of carbonyl (C=O) groups is 1. The smallest absolute Gasteiger partial charge is 0.225 e. The number of carbonyl (C=O) groups excluding carboxylic acids is 1. The van der Waals surface area contributed by atoms with Crippen LogP contribution in [0.4, 0.5) is 0 Å². The number of rotatable bonds is 7. The average Bonchev–Trinajstić information content (AvgIpc) is 3.24. The molecule has 1 aromatic heterocycles. The predicted molar refractivity (Wildman–Crippen MR) is 118 cm³/mol. The van der Waals surface area contributed by atoms with Crippen LogP contribution in [0.2, 0.25) is 0 Å². The number of hydrogen-bond donors (Lipinski definition) is 1. The zero-order valence-electron chi connectivity index (χ0n) is 17.7. The summed E-state index contributed by atoms with van der Waals surface area (Å²) in [6.07, 6.45) is 0. The van der Waals surface area contributed by atoms with Crippen LogP contribution in [-0.4, -0.2) is 53.4 Å². The Morgan fingerprint density at radius 2 is 1.93 bits per heavy atom. The van der Waals surface area contributed by atoms with Crippen molar-refractivity contribution in [2.75, 3.05) is 32.7 Å². The third kappa shape index (κ3) is 4.55. The van der Waals surface area contributed by atoms with Crippen molar-refractivity contribution >= 4 is 17.2 Å². The van der Waals surface area contributed by atoms with E-state index in [1.165, 1.54) is 10.4 Å². The lowest BCUT2D eigenvalue weighted by Crippen LogP contribution is -2.62. The van der Waals surface area contributed by atoms with E-state index in [2.05, 4.69) is 71.2 Å². The van der Waals surface area contributed by atoms with Gasteiger partial charge in [-0.2, -0.15) is 0 Å². The molecular weight excluding hydrogens is 380 g/mol. The van der Waals surface area contributed by atoms with Gasteiger partial charge in [0.15, 0.2) is 0 Å². The van der Waals surface area contributed by atoms with Crippen LogP contribution in [0, 0.1) is 24.2 Å². The zero-order chi connectivity index (χ0) is 20.4. The number of amides is 1. The fourth-order valence-corrected chi connectivity index (χ4v) is 5.60. The van der Waals surface area contributed by atoms with E-state index in [0.717, 1.165) is 51.5 Å². The Labute approximate surface area is 178 Å². The Balaban J connectivity index is 1.44. The number of thiazole rings is 1. The normalized spacial score (nSPS) is 21.6. The van der Waals surface area contributed by atoms with Gasteiger partial charge in [-0.05, 0) is 18.4 Å². The third-order valence-electron chi connectivity index (χ3n) is 6.26. The summed E-state index contributed by atoms with van der Waals surface area (Å²) in [5, 5.41) is 3.21. The molecule has 5 nitrogen and oxygen atoms in total. The van der Waals surface area contributed by atoms with Gasteiger partial charge in [0.1, 0.15) is 0 Å². The first-order chi connectivity index (χ1) is 13.9. The average molecular weight is 413 g/mol. The molecule has 0 aliphatic carbocycles. The van der Waals surface area contributed by atoms with Crippen molar-refractivity contribution in [3.8, 4) is 0 Å². The van der Waals surface area contributed by atoms with Crippen molar-refractivity contribution < 1.29 is 4.79 Å². The molecular formula is C23H32N4OS. The highest BCUT2D eigenvalue weighted by atomic mass is 32.1. The molecule has 1 aromatic carbocycles. The molecule has 2 aromatic rings. The van der Waals surface area contributed by atoms with Crippen LogP contribution < -0.4 is 5.32 Å². The van der Waals surface area contributed by atoms with Crippen LogP contribution >= 0.6 is 11.3 Å². The molecule has 3 heterocycles. The molecule has 2 saturated heterocycles. The maximum Gasteiger partial charge on any atom is 0.225 e. The lowest BCUT2D eigenvalue weighted by atomic mass is 9.71. The fraction of sp³-hybridized carbons (Fsp3) is 0.565. The van der Waals surface area contributed by atoms with Crippen LogP contribution in [0.15, 0.2) is 35.8 Å². The van der Waals surface area contributed by atoms with E-state index in [1.807, 2.05) is 5.51 Å². The minimum Gasteiger partial charge on any atom is -0.356 e. The molecule has 29 heavy (non-hydrogen) atoms. The van der Waals surface area contributed by atoms with Crippen molar-refractivity contribution in [1.82, 2.24) is 20.1 Å². The Hall–Kier alpha value is -1.76. The molecule has 6 heteroatoms. The van der Waals surface area contributed by atoms with Crippen LogP contribution in [0.3, 0.4) is 0 Å². The second-order valence-electron chi connectivity index (χ2n) is 9.22. The molecule has 0 bridgehead atoms. The zero-order valence-corrected chi connectivity index (χ0v) is 18.5. The molecule has 0 radical (unpaired) electrons. The number of aromatic nitrogens is 1. The Morgan fingerprint density at radius 1 is 1.21 bits per heavy atom. The van der Waals surface area contributed by atoms with E-state index in [1.54, 1.807) is 11.3 Å². The lowest BCUT2D eigenvalue weighted by molar-refractivity contribution is -0.133. The Bertz CT molecular complexity index is 828. The van der Waals surface area contributed by atoms with Crippen molar-refractivity contribution in [1.29, 1.82) is 0 Å². The van der Waals surface area contributed by atoms with Gasteiger partial charge in [-0.25, -0.2) is 4.98 Å². The highest BCUT2D eigenvalue weighted by Crippen LogP contribution is 2.45. The van der Waals surface area contributed by atoms with Gasteiger partial charge in [-0.15, -0.1) is 11.3 Å². The number of benzene rings is 1. The molecule has 1 spiro atoms. The van der Waals surface area contributed by atoms with Crippen LogP contribution in [0.25, 0.3) is 0 Å². The quantitative estimate of drug-likeness (QED) is 0.759. The van der Waals surface area contributed by atoms with E-state index in [-0.39, 0.29) is 17.2 Å². The monoisotopic (exact) mass is 412 g/mol. The first-order valence-electron chi connectivity index (χ1n) is 10.6. The van der Waals surface area contributed by atoms with Gasteiger partial charge in [0, 0.05) is 56.1 Å². The van der Waals surface area contributed by atoms with Crippen molar-refractivity contribution in [3.05, 3.63) is 52.0 Å². The van der Waals surface area contributed by atoms with Gasteiger partial charge in [0.05, 0.1) is 17.1 Å². The van der Waals surface area contributed by atoms with E-state index >= 15 is 0 Å². The summed E-state index contributed by atoms with van der Waals surface area (Å²) < 4.78 is 0. The second kappa shape index (κ2) is 8.54. The predicted octanol–water partition coefficient (Wildman–Crippen LogP) is 3.16. The number of nitrogens with one attached hydrogen (secondary N) is 1. The van der Waals surface area contributed by atoms with Gasteiger partial charge < -0.3 is 5.32 Å². The molecule has 1 atom stereocenters. The molecule has 2 fully saturated rings. The third-order valence-corrected chi connectivity index (χ3v) is 7.18. The van der Waals surface area contributed by atoms with Crippen LogP contribution in [0.5, 0.6) is 0 Å². The molecule has 1 N–H and O–H groups in total. The maximum atomic E-state index is 13.1. The summed E-state index contributed by atoms with van der Waals surface area (Å²) in [6.45, 7) is 12.9. The number of aryl methyl sites for hydroxylation is 1. The molecule has 156 valence electrons. The lowest BCUT2D eigenvalue weighted by Gasteiger charge is -2.50. The summed E-state index contributed by atoms with van der Waals surface area (Å²) in [7, 11) is 0. The topological polar surface area (TPSA) is 48.5 Å². The van der Waals surface area contributed by atoms with E-state index in [9.17, 15) is 4.79 Å². The summed E-state index contributed by atoms with van der Waals surface area (Å²) in [4.78, 5) is 23.8. The minimum absolute atomic E-state index is 0.0729. The molecule has 1 unspecified atom stereocenters. The van der Waals surface area contributed by atoms with Crippen molar-refractivity contribution in [2.45, 2.75) is 33.9 Å². The van der Waals surface area contributed by atoms with Gasteiger partial charge in [-0.3, -0.25) is 14.6 Å². The van der Waals surface area contributed by atoms with Crippen molar-refractivity contribution in [2.24, 2.45) is 17.3 Å². The van der Waals surface area contributed by atoms with Crippen LogP contribution in [0.1, 0.15) is 30.0 Å². The number of hydrogen-bond acceptors (Lipinski definition) is 5. The highest BCUT2D eigenvalue weighted by molar-refractivity contribution is 7.09. The number of nitrogens with zero attached hydrogens (tertiary/aromatic N) is 3. The summed E-state index contributed by atoms with van der Waals surface area (Å²) in [5.41, 5.74) is 4.47. The first kappa shape index (κ1) is 20.5. The van der Waals surface area contributed by atoms with Gasteiger partial charge in [0.2, 0.25) is 5.91 Å². The summed E-state index contributed by atoms with van der Waals surface area (Å²) in [5.74, 6) is 0.788. The summed E-state index contributed by atoms with van der Waals surface area (Å²) in [6, 6.07) is 10.6. The van der Waals surface area contributed by atoms with E-state index < -0.39 is 0 Å². The summed E-state index contributed by atoms with van der Waals surface area (Å²) >= 11 is 1.74. The van der Waals surface area contributed by atoms with E-state index in [4.69, 9.17) is 0 Å². The highest BCUT2D eigenvalue weighted by Gasteiger charge is 2.56. The van der Waals surface area contributed by atoms with Crippen LogP contribution in [-0.2, 0) is 17.9 Å². The van der Waals surface area contributed by atoms with Gasteiger partial charge in [0.25, 0.3) is 0 Å². The minimum atomic E-state index is 0.0729. The SMILES string of the molecule is Cc1ncsc1CN1CC2(CN(Cc3ccccc3)CC2C(=O)NCC(C)C)C1. The largest absolute Gasteiger partial charge is 0.356 e. The van der Waals surface area contributed by atoms with Gasteiger partial charge >= 0.3 is 0 Å². The molecule has 2 aliphatic rings. The Morgan fingerprint density at radius 3 is 2.59 bits per heavy atom. The van der Waals surface area contributed by atoms with E-state index in [0.29, 0.717) is 5.92 Å².